The summed E-state index contributed by atoms with van der Waals surface area (Å²) < 4.78 is 67.5. The second kappa shape index (κ2) is 8.49. The first-order chi connectivity index (χ1) is 18.6. The first kappa shape index (κ1) is 24.5. The van der Waals surface area contributed by atoms with Gasteiger partial charge in [-0.25, -0.2) is 9.18 Å². The zero-order valence-electron chi connectivity index (χ0n) is 21.1. The van der Waals surface area contributed by atoms with Crippen LogP contribution in [0, 0.1) is 5.92 Å². The normalized spacial score (nSPS) is 23.1. The smallest absolute Gasteiger partial charge is 0.379 e. The van der Waals surface area contributed by atoms with Gasteiger partial charge in [0, 0.05) is 38.6 Å². The number of ether oxygens (including phenoxy) is 1. The number of aromatic nitrogens is 5. The molecule has 1 aliphatic carbocycles. The van der Waals surface area contributed by atoms with Gasteiger partial charge >= 0.3 is 11.9 Å². The van der Waals surface area contributed by atoms with Crippen LogP contribution in [0.15, 0.2) is 53.8 Å². The van der Waals surface area contributed by atoms with E-state index >= 15 is 4.39 Å². The zero-order valence-corrected chi connectivity index (χ0v) is 21.1. The van der Waals surface area contributed by atoms with Crippen LogP contribution in [0.3, 0.4) is 0 Å². The molecule has 0 amide bonds. The van der Waals surface area contributed by atoms with Crippen molar-refractivity contribution in [2.24, 2.45) is 13.0 Å². The van der Waals surface area contributed by atoms with Gasteiger partial charge in [-0.2, -0.15) is 13.2 Å². The van der Waals surface area contributed by atoms with Crippen LogP contribution in [0.4, 0.5) is 17.6 Å². The van der Waals surface area contributed by atoms with Crippen molar-refractivity contribution in [3.8, 4) is 5.69 Å². The maximum absolute atomic E-state index is 15.8. The van der Waals surface area contributed by atoms with Crippen LogP contribution >= 0.6 is 0 Å². The standard InChI is InChI=1S/C27H26F4N6O2/c1-34-15-32-33-24(34)23(28)26(13-39-14-26)18-3-2-4-19(8-18)36-12-22-21(27(29,30)31)7-17(11-37(22)25(36)38)10-35-9-16-5-20(35)6-16/h2-4,7-8,11-12,15-16,20,23H,5-6,9-10,13-14H2,1H3/t16?,20?,23-/m1/s1. The summed E-state index contributed by atoms with van der Waals surface area (Å²) in [4.78, 5) is 15.7. The van der Waals surface area contributed by atoms with Gasteiger partial charge in [-0.15, -0.1) is 10.2 Å². The molecule has 3 aliphatic heterocycles. The molecule has 8 nitrogen and oxygen atoms in total. The number of hydrogen-bond acceptors (Lipinski definition) is 5. The van der Waals surface area contributed by atoms with E-state index in [1.165, 1.54) is 27.9 Å². The lowest BCUT2D eigenvalue weighted by molar-refractivity contribution is -0.136. The van der Waals surface area contributed by atoms with E-state index in [-0.39, 0.29) is 24.6 Å². The topological polar surface area (TPSA) is 69.6 Å². The van der Waals surface area contributed by atoms with Crippen molar-refractivity contribution in [1.82, 2.24) is 28.6 Å². The molecular weight excluding hydrogens is 516 g/mol. The number of halogens is 4. The zero-order chi connectivity index (χ0) is 27.1. The Labute approximate surface area is 220 Å². The number of hydrogen-bond donors (Lipinski definition) is 0. The SMILES string of the molecule is Cn1cnnc1[C@@H](F)C1(c2cccc(-n3cc4c(C(F)(F)F)cc(CN5CC6CC5C6)cn4c3=O)c2)COC1. The monoisotopic (exact) mass is 542 g/mol. The number of nitrogens with zero attached hydrogens (tertiary/aromatic N) is 6. The van der Waals surface area contributed by atoms with Crippen molar-refractivity contribution in [2.75, 3.05) is 19.8 Å². The third-order valence-electron chi connectivity index (χ3n) is 8.61. The minimum Gasteiger partial charge on any atom is -0.379 e. The largest absolute Gasteiger partial charge is 0.418 e. The van der Waals surface area contributed by atoms with E-state index in [1.54, 1.807) is 31.3 Å². The first-order valence-electron chi connectivity index (χ1n) is 12.9. The first-order valence-corrected chi connectivity index (χ1v) is 12.9. The van der Waals surface area contributed by atoms with Gasteiger partial charge in [0.25, 0.3) is 0 Å². The van der Waals surface area contributed by atoms with Gasteiger partial charge in [-0.05, 0) is 48.1 Å². The highest BCUT2D eigenvalue weighted by Crippen LogP contribution is 2.46. The Morgan fingerprint density at radius 2 is 1.97 bits per heavy atom. The van der Waals surface area contributed by atoms with Crippen LogP contribution < -0.4 is 5.69 Å². The summed E-state index contributed by atoms with van der Waals surface area (Å²) in [6, 6.07) is 8.22. The van der Waals surface area contributed by atoms with Crippen molar-refractivity contribution in [3.63, 3.8) is 0 Å². The van der Waals surface area contributed by atoms with Gasteiger partial charge in [-0.1, -0.05) is 12.1 Å². The maximum atomic E-state index is 15.8. The average Bonchev–Trinajstić information content (AvgIpc) is 3.61. The summed E-state index contributed by atoms with van der Waals surface area (Å²) in [5, 5.41) is 7.68. The molecule has 1 atom stereocenters. The minimum absolute atomic E-state index is 0.0943. The number of benzene rings is 1. The van der Waals surface area contributed by atoms with Crippen LogP contribution in [0.1, 0.15) is 41.5 Å². The van der Waals surface area contributed by atoms with Crippen molar-refractivity contribution >= 4 is 5.52 Å². The summed E-state index contributed by atoms with van der Waals surface area (Å²) in [5.74, 6) is 0.771. The number of fused-ring (bicyclic) bond motifs is 2. The van der Waals surface area contributed by atoms with Crippen LogP contribution in [0.25, 0.3) is 11.2 Å². The van der Waals surface area contributed by atoms with Crippen LogP contribution in [0.5, 0.6) is 0 Å². The van der Waals surface area contributed by atoms with Crippen LogP contribution in [-0.2, 0) is 29.9 Å². The molecular formula is C27H26F4N6O2. The summed E-state index contributed by atoms with van der Waals surface area (Å²) in [7, 11) is 1.65. The van der Waals surface area contributed by atoms with Gasteiger partial charge in [0.05, 0.1) is 35.4 Å². The molecule has 1 aromatic carbocycles. The van der Waals surface area contributed by atoms with Gasteiger partial charge in [0.15, 0.2) is 12.0 Å². The van der Waals surface area contributed by atoms with Crippen LogP contribution in [-0.4, -0.2) is 54.4 Å². The van der Waals surface area contributed by atoms with Crippen molar-refractivity contribution in [3.05, 3.63) is 82.1 Å². The average molecular weight is 543 g/mol. The molecule has 3 aromatic heterocycles. The van der Waals surface area contributed by atoms with Gasteiger partial charge < -0.3 is 9.30 Å². The number of pyridine rings is 1. The number of alkyl halides is 4. The van der Waals surface area contributed by atoms with Crippen molar-refractivity contribution in [2.45, 2.75) is 43.2 Å². The van der Waals surface area contributed by atoms with E-state index in [0.29, 0.717) is 35.3 Å². The molecule has 8 rings (SSSR count). The lowest BCUT2D eigenvalue weighted by Crippen LogP contribution is -2.50. The summed E-state index contributed by atoms with van der Waals surface area (Å²) in [5.41, 5.74) is -1.40. The second-order valence-electron chi connectivity index (χ2n) is 11.1. The van der Waals surface area contributed by atoms with E-state index in [1.807, 2.05) is 0 Å². The van der Waals surface area contributed by atoms with Crippen molar-refractivity contribution in [1.29, 1.82) is 0 Å². The fourth-order valence-electron chi connectivity index (χ4n) is 6.32. The molecule has 0 spiro atoms. The predicted molar refractivity (Wildman–Crippen MR) is 132 cm³/mol. The molecule has 204 valence electrons. The summed E-state index contributed by atoms with van der Waals surface area (Å²) in [6.45, 7) is 1.44. The molecule has 1 saturated carbocycles. The van der Waals surface area contributed by atoms with E-state index in [0.717, 1.165) is 29.9 Å². The quantitative estimate of drug-likeness (QED) is 0.347. The molecule has 12 heteroatoms. The minimum atomic E-state index is -4.64. The number of rotatable bonds is 6. The fraction of sp³-hybridized carbons (Fsp3) is 0.444. The summed E-state index contributed by atoms with van der Waals surface area (Å²) in [6.07, 6.45) is 0.135. The Bertz CT molecular complexity index is 1630. The highest BCUT2D eigenvalue weighted by Gasteiger charge is 2.50. The molecule has 0 radical (unpaired) electrons. The van der Waals surface area contributed by atoms with Crippen LogP contribution in [0.2, 0.25) is 0 Å². The molecule has 6 heterocycles. The lowest BCUT2D eigenvalue weighted by Gasteiger charge is -2.43. The number of aryl methyl sites for hydroxylation is 1. The third-order valence-corrected chi connectivity index (χ3v) is 8.61. The lowest BCUT2D eigenvalue weighted by atomic mass is 9.74. The molecule has 2 bridgehead atoms. The Morgan fingerprint density at radius 3 is 2.59 bits per heavy atom. The fourth-order valence-corrected chi connectivity index (χ4v) is 6.32. The molecule has 3 saturated heterocycles. The molecule has 4 fully saturated rings. The predicted octanol–water partition coefficient (Wildman–Crippen LogP) is 3.81. The Morgan fingerprint density at radius 1 is 1.18 bits per heavy atom. The highest BCUT2D eigenvalue weighted by atomic mass is 19.4. The maximum Gasteiger partial charge on any atom is 0.418 e. The summed E-state index contributed by atoms with van der Waals surface area (Å²) >= 11 is 0. The number of imidazole rings is 1. The Hall–Kier alpha value is -3.51. The van der Waals surface area contributed by atoms with Gasteiger partial charge in [-0.3, -0.25) is 13.9 Å². The van der Waals surface area contributed by atoms with Gasteiger partial charge in [0.1, 0.15) is 6.33 Å². The molecule has 39 heavy (non-hydrogen) atoms. The van der Waals surface area contributed by atoms with Gasteiger partial charge in [0.2, 0.25) is 0 Å². The Balaban J connectivity index is 1.30. The molecule has 0 unspecified atom stereocenters. The van der Waals surface area contributed by atoms with Crippen molar-refractivity contribution < 1.29 is 22.3 Å². The molecule has 4 aromatic rings. The molecule has 4 aliphatic rings. The second-order valence-corrected chi connectivity index (χ2v) is 11.1. The highest BCUT2D eigenvalue weighted by molar-refractivity contribution is 5.58. The molecule has 0 N–H and O–H groups in total. The van der Waals surface area contributed by atoms with E-state index in [2.05, 4.69) is 15.1 Å². The van der Waals surface area contributed by atoms with E-state index < -0.39 is 29.0 Å². The Kier molecular flexibility index (Phi) is 5.34. The van der Waals surface area contributed by atoms with E-state index in [4.69, 9.17) is 4.74 Å². The van der Waals surface area contributed by atoms with E-state index in [9.17, 15) is 18.0 Å². The third kappa shape index (κ3) is 3.75.